The van der Waals surface area contributed by atoms with E-state index in [0.29, 0.717) is 13.0 Å². The third-order valence-electron chi connectivity index (χ3n) is 2.42. The van der Waals surface area contributed by atoms with Crippen molar-refractivity contribution in [1.82, 2.24) is 20.8 Å². The highest BCUT2D eigenvalue weighted by atomic mass is 16.1. The van der Waals surface area contributed by atoms with Gasteiger partial charge in [-0.25, -0.2) is 0 Å². The second kappa shape index (κ2) is 5.50. The molecule has 1 amide bonds. The normalized spacial score (nSPS) is 12.5. The van der Waals surface area contributed by atoms with E-state index in [9.17, 15) is 4.79 Å². The van der Waals surface area contributed by atoms with E-state index in [2.05, 4.69) is 27.8 Å². The Kier molecular flexibility index (Phi) is 4.30. The van der Waals surface area contributed by atoms with E-state index in [4.69, 9.17) is 0 Å². The highest BCUT2D eigenvalue weighted by Gasteiger charge is 2.09. The molecule has 3 N–H and O–H groups in total. The van der Waals surface area contributed by atoms with Crippen molar-refractivity contribution in [3.05, 3.63) is 17.5 Å². The first-order valence-electron chi connectivity index (χ1n) is 5.09. The first-order chi connectivity index (χ1) is 7.15. The van der Waals surface area contributed by atoms with Crippen LogP contribution in [0, 0.1) is 6.92 Å². The topological polar surface area (TPSA) is 69.8 Å². The molecule has 15 heavy (non-hydrogen) atoms. The number of amides is 1. The van der Waals surface area contributed by atoms with E-state index in [1.54, 1.807) is 7.05 Å². The molecule has 1 atom stereocenters. The molecule has 0 aliphatic heterocycles. The van der Waals surface area contributed by atoms with Crippen LogP contribution in [0.2, 0.25) is 0 Å². The quantitative estimate of drug-likeness (QED) is 0.663. The molecule has 1 unspecified atom stereocenters. The first kappa shape index (κ1) is 11.7. The Morgan fingerprint density at radius 3 is 2.93 bits per heavy atom. The predicted molar refractivity (Wildman–Crippen MR) is 58.4 cm³/mol. The lowest BCUT2D eigenvalue weighted by Gasteiger charge is -2.12. The van der Waals surface area contributed by atoms with E-state index >= 15 is 0 Å². The maximum absolute atomic E-state index is 11.0. The fourth-order valence-electron chi connectivity index (χ4n) is 1.43. The molecule has 0 fully saturated rings. The second-order valence-corrected chi connectivity index (χ2v) is 3.55. The maximum Gasteiger partial charge on any atom is 0.221 e. The van der Waals surface area contributed by atoms with Crippen molar-refractivity contribution < 1.29 is 4.79 Å². The Hall–Kier alpha value is -1.36. The van der Waals surface area contributed by atoms with Crippen LogP contribution in [0.25, 0.3) is 0 Å². The molecule has 84 valence electrons. The fraction of sp³-hybridized carbons (Fsp3) is 0.600. The summed E-state index contributed by atoms with van der Waals surface area (Å²) >= 11 is 0. The Morgan fingerprint density at radius 1 is 1.67 bits per heavy atom. The lowest BCUT2D eigenvalue weighted by molar-refractivity contribution is -0.120. The van der Waals surface area contributed by atoms with Gasteiger partial charge in [-0.1, -0.05) is 0 Å². The molecule has 1 aromatic heterocycles. The van der Waals surface area contributed by atoms with Crippen LogP contribution in [0.1, 0.15) is 30.6 Å². The molecule has 0 aliphatic rings. The Labute approximate surface area is 89.6 Å². The van der Waals surface area contributed by atoms with E-state index in [-0.39, 0.29) is 11.9 Å². The molecule has 0 bridgehead atoms. The molecule has 0 saturated heterocycles. The van der Waals surface area contributed by atoms with Gasteiger partial charge in [-0.2, -0.15) is 5.10 Å². The van der Waals surface area contributed by atoms with Crippen LogP contribution in [0.3, 0.4) is 0 Å². The van der Waals surface area contributed by atoms with Crippen LogP contribution < -0.4 is 10.6 Å². The van der Waals surface area contributed by atoms with Crippen molar-refractivity contribution >= 4 is 5.91 Å². The molecular formula is C10H18N4O. The molecule has 5 nitrogen and oxygen atoms in total. The van der Waals surface area contributed by atoms with Crippen LogP contribution in [0.5, 0.6) is 0 Å². The van der Waals surface area contributed by atoms with Gasteiger partial charge in [0.1, 0.15) is 0 Å². The second-order valence-electron chi connectivity index (χ2n) is 3.55. The van der Waals surface area contributed by atoms with Crippen LogP contribution in [-0.4, -0.2) is 29.7 Å². The lowest BCUT2D eigenvalue weighted by atomic mass is 10.1. The minimum atomic E-state index is 0.0543. The molecule has 0 aliphatic carbocycles. The van der Waals surface area contributed by atoms with Crippen LogP contribution in [0.15, 0.2) is 6.20 Å². The number of aromatic nitrogens is 2. The first-order valence-corrected chi connectivity index (χ1v) is 5.09. The van der Waals surface area contributed by atoms with Gasteiger partial charge in [-0.05, 0) is 13.8 Å². The van der Waals surface area contributed by atoms with Crippen LogP contribution in [-0.2, 0) is 4.79 Å². The number of hydrogen-bond donors (Lipinski definition) is 3. The summed E-state index contributed by atoms with van der Waals surface area (Å²) in [7, 11) is 1.64. The third-order valence-corrected chi connectivity index (χ3v) is 2.42. The van der Waals surface area contributed by atoms with Gasteiger partial charge in [-0.15, -0.1) is 0 Å². The number of hydrogen-bond acceptors (Lipinski definition) is 3. The van der Waals surface area contributed by atoms with Gasteiger partial charge < -0.3 is 10.6 Å². The maximum atomic E-state index is 11.0. The smallest absolute Gasteiger partial charge is 0.221 e. The molecule has 0 spiro atoms. The van der Waals surface area contributed by atoms with Gasteiger partial charge in [-0.3, -0.25) is 9.89 Å². The summed E-state index contributed by atoms with van der Waals surface area (Å²) in [5, 5.41) is 12.7. The van der Waals surface area contributed by atoms with Crippen LogP contribution >= 0.6 is 0 Å². The number of nitrogens with zero attached hydrogens (tertiary/aromatic N) is 1. The standard InChI is InChI=1S/C10H18N4O/c1-7(9-6-13-14-8(9)2)12-5-4-10(15)11-3/h6-7,12H,4-5H2,1-3H3,(H,11,15)(H,13,14). The van der Waals surface area contributed by atoms with Crippen molar-refractivity contribution in [1.29, 1.82) is 0 Å². The van der Waals surface area contributed by atoms with E-state index in [0.717, 1.165) is 11.3 Å². The summed E-state index contributed by atoms with van der Waals surface area (Å²) in [5.41, 5.74) is 2.21. The van der Waals surface area contributed by atoms with Gasteiger partial charge in [0.2, 0.25) is 5.91 Å². The van der Waals surface area contributed by atoms with Crippen LogP contribution in [0.4, 0.5) is 0 Å². The van der Waals surface area contributed by atoms with Gasteiger partial charge in [0.05, 0.1) is 6.20 Å². The molecule has 0 saturated carbocycles. The third kappa shape index (κ3) is 3.36. The molecule has 1 rings (SSSR count). The summed E-state index contributed by atoms with van der Waals surface area (Å²) in [6.07, 6.45) is 2.31. The van der Waals surface area contributed by atoms with E-state index in [1.807, 2.05) is 13.1 Å². The summed E-state index contributed by atoms with van der Waals surface area (Å²) in [4.78, 5) is 11.0. The van der Waals surface area contributed by atoms with Gasteiger partial charge >= 0.3 is 0 Å². The number of aryl methyl sites for hydroxylation is 1. The fourth-order valence-corrected chi connectivity index (χ4v) is 1.43. The van der Waals surface area contributed by atoms with Gasteiger partial charge in [0, 0.05) is 37.3 Å². The van der Waals surface area contributed by atoms with Crippen molar-refractivity contribution in [2.45, 2.75) is 26.3 Å². The average Bonchev–Trinajstić information content (AvgIpc) is 2.64. The number of carbonyl (C=O) groups excluding carboxylic acids is 1. The van der Waals surface area contributed by atoms with E-state index < -0.39 is 0 Å². The number of aromatic amines is 1. The molecule has 0 aromatic carbocycles. The molecule has 1 aromatic rings. The van der Waals surface area contributed by atoms with Gasteiger partial charge in [0.25, 0.3) is 0 Å². The molecule has 1 heterocycles. The summed E-state index contributed by atoms with van der Waals surface area (Å²) in [5.74, 6) is 0.0543. The molecule has 5 heteroatoms. The monoisotopic (exact) mass is 210 g/mol. The SMILES string of the molecule is CNC(=O)CCNC(C)c1cn[nH]c1C. The van der Waals surface area contributed by atoms with Crippen molar-refractivity contribution in [3.8, 4) is 0 Å². The Balaban J connectivity index is 2.34. The minimum Gasteiger partial charge on any atom is -0.359 e. The Bertz CT molecular complexity index is 321. The molecular weight excluding hydrogens is 192 g/mol. The Morgan fingerprint density at radius 2 is 2.40 bits per heavy atom. The summed E-state index contributed by atoms with van der Waals surface area (Å²) in [6, 6.07) is 0.216. The summed E-state index contributed by atoms with van der Waals surface area (Å²) < 4.78 is 0. The van der Waals surface area contributed by atoms with E-state index in [1.165, 1.54) is 0 Å². The van der Waals surface area contributed by atoms with Crippen molar-refractivity contribution in [3.63, 3.8) is 0 Å². The van der Waals surface area contributed by atoms with Crippen molar-refractivity contribution in [2.24, 2.45) is 0 Å². The predicted octanol–water partition coefficient (Wildman–Crippen LogP) is 0.505. The highest BCUT2D eigenvalue weighted by molar-refractivity contribution is 5.75. The van der Waals surface area contributed by atoms with Gasteiger partial charge in [0.15, 0.2) is 0 Å². The number of H-pyrrole nitrogens is 1. The number of carbonyl (C=O) groups is 1. The molecule has 0 radical (unpaired) electrons. The average molecular weight is 210 g/mol. The zero-order valence-corrected chi connectivity index (χ0v) is 9.42. The summed E-state index contributed by atoms with van der Waals surface area (Å²) in [6.45, 7) is 4.71. The number of rotatable bonds is 5. The largest absolute Gasteiger partial charge is 0.359 e. The minimum absolute atomic E-state index is 0.0543. The van der Waals surface area contributed by atoms with Crippen molar-refractivity contribution in [2.75, 3.05) is 13.6 Å². The zero-order chi connectivity index (χ0) is 11.3. The highest BCUT2D eigenvalue weighted by Crippen LogP contribution is 2.13. The lowest BCUT2D eigenvalue weighted by Crippen LogP contribution is -2.26. The zero-order valence-electron chi connectivity index (χ0n) is 9.42. The number of nitrogens with one attached hydrogen (secondary N) is 3.